The second-order valence-corrected chi connectivity index (χ2v) is 9.94. The van der Waals surface area contributed by atoms with Crippen molar-refractivity contribution in [3.05, 3.63) is 83.4 Å². The van der Waals surface area contributed by atoms with Crippen LogP contribution in [0.15, 0.2) is 76.0 Å². The van der Waals surface area contributed by atoms with Crippen molar-refractivity contribution in [2.24, 2.45) is 5.73 Å². The second-order valence-electron chi connectivity index (χ2n) is 8.23. The highest BCUT2D eigenvalue weighted by atomic mass is 32.2. The van der Waals surface area contributed by atoms with Crippen LogP contribution in [0.2, 0.25) is 0 Å². The molecule has 0 aliphatic heterocycles. The molecule has 12 heteroatoms. The molecule has 1 heterocycles. The number of carboxylic acid groups (broad SMARTS) is 1. The molecule has 3 aromatic carbocycles. The summed E-state index contributed by atoms with van der Waals surface area (Å²) in [5.74, 6) is -1.82. The number of aryl methyl sites for hydroxylation is 1. The van der Waals surface area contributed by atoms with Gasteiger partial charge in [0.1, 0.15) is 17.4 Å². The molecule has 0 aliphatic carbocycles. The van der Waals surface area contributed by atoms with E-state index in [0.29, 0.717) is 28.1 Å². The summed E-state index contributed by atoms with van der Waals surface area (Å²) in [5.41, 5.74) is 8.52. The van der Waals surface area contributed by atoms with Gasteiger partial charge in [-0.15, -0.1) is 0 Å². The lowest BCUT2D eigenvalue weighted by molar-refractivity contribution is -0.138. The molecule has 0 radical (unpaired) electrons. The minimum Gasteiger partial charge on any atom is -0.480 e. The first-order valence-corrected chi connectivity index (χ1v) is 12.5. The number of carbonyl (C=O) groups excluding carboxylic acids is 1. The van der Waals surface area contributed by atoms with Crippen LogP contribution in [0.25, 0.3) is 22.6 Å². The topological polar surface area (TPSA) is 188 Å². The van der Waals surface area contributed by atoms with Gasteiger partial charge in [0.25, 0.3) is 5.91 Å². The molecule has 0 spiro atoms. The van der Waals surface area contributed by atoms with E-state index in [-0.39, 0.29) is 16.3 Å². The third-order valence-corrected chi connectivity index (χ3v) is 6.97. The zero-order valence-corrected chi connectivity index (χ0v) is 20.4. The fourth-order valence-electron chi connectivity index (χ4n) is 3.43. The van der Waals surface area contributed by atoms with Crippen molar-refractivity contribution in [2.45, 2.75) is 17.9 Å². The number of benzene rings is 3. The predicted molar refractivity (Wildman–Crippen MR) is 136 cm³/mol. The van der Waals surface area contributed by atoms with Gasteiger partial charge in [0.2, 0.25) is 15.9 Å². The molecule has 37 heavy (non-hydrogen) atoms. The Bertz CT molecular complexity index is 1600. The van der Waals surface area contributed by atoms with Crippen LogP contribution in [0.5, 0.6) is 0 Å². The first-order valence-electron chi connectivity index (χ1n) is 11.0. The fourth-order valence-corrected chi connectivity index (χ4v) is 4.62. The molecular weight excluding hydrogens is 498 g/mol. The minimum absolute atomic E-state index is 0.0622. The zero-order valence-electron chi connectivity index (χ0n) is 19.6. The van der Waals surface area contributed by atoms with E-state index >= 15 is 0 Å². The van der Waals surface area contributed by atoms with E-state index in [1.807, 2.05) is 0 Å². The Morgan fingerprint density at radius 1 is 1.05 bits per heavy atom. The van der Waals surface area contributed by atoms with E-state index in [1.54, 1.807) is 49.4 Å². The van der Waals surface area contributed by atoms with Crippen LogP contribution in [-0.2, 0) is 14.8 Å². The number of amides is 1. The molecule has 4 aromatic rings. The largest absolute Gasteiger partial charge is 0.480 e. The van der Waals surface area contributed by atoms with Crippen molar-refractivity contribution >= 4 is 38.8 Å². The quantitative estimate of drug-likeness (QED) is 0.164. The van der Waals surface area contributed by atoms with Gasteiger partial charge < -0.3 is 20.6 Å². The van der Waals surface area contributed by atoms with Gasteiger partial charge in [0.05, 0.1) is 4.90 Å². The number of hydrogen-bond acceptors (Lipinski definition) is 7. The van der Waals surface area contributed by atoms with Crippen LogP contribution >= 0.6 is 0 Å². The highest BCUT2D eigenvalue weighted by molar-refractivity contribution is 7.89. The van der Waals surface area contributed by atoms with Crippen LogP contribution < -0.4 is 15.8 Å². The predicted octanol–water partition coefficient (Wildman–Crippen LogP) is 2.25. The standard InChI is InChI=1S/C25H23N5O6S/c1-14-2-9-18(10-3-14)37(34,35)30-20(25(32)33)13-28-23(31)17-8-11-19-21(12-17)36-24(29-19)16-6-4-15(5-7-16)22(26)27/h2-12,20,30H,13H2,1H3,(H3,26,27)(H,28,31)(H,32,33)/t20-/m0/s1. The Balaban J connectivity index is 1.46. The highest BCUT2D eigenvalue weighted by Crippen LogP contribution is 2.25. The summed E-state index contributed by atoms with van der Waals surface area (Å²) in [7, 11) is -4.12. The lowest BCUT2D eigenvalue weighted by Gasteiger charge is -2.16. The van der Waals surface area contributed by atoms with Crippen molar-refractivity contribution < 1.29 is 27.5 Å². The second kappa shape index (κ2) is 10.2. The Labute approximate surface area is 211 Å². The fraction of sp³-hybridized carbons (Fsp3) is 0.120. The minimum atomic E-state index is -4.12. The maximum absolute atomic E-state index is 12.7. The van der Waals surface area contributed by atoms with Crippen molar-refractivity contribution in [1.29, 1.82) is 5.41 Å². The van der Waals surface area contributed by atoms with Crippen LogP contribution in [0, 0.1) is 12.3 Å². The number of sulfonamides is 1. The molecule has 1 atom stereocenters. The summed E-state index contributed by atoms with van der Waals surface area (Å²) in [4.78, 5) is 28.7. The van der Waals surface area contributed by atoms with E-state index in [4.69, 9.17) is 15.6 Å². The number of fused-ring (bicyclic) bond motifs is 1. The maximum Gasteiger partial charge on any atom is 0.323 e. The Kier molecular flexibility index (Phi) is 7.05. The molecule has 1 amide bonds. The number of aliphatic carboxylic acids is 1. The lowest BCUT2D eigenvalue weighted by Crippen LogP contribution is -2.48. The molecule has 0 aliphatic rings. The number of amidine groups is 1. The van der Waals surface area contributed by atoms with Gasteiger partial charge in [-0.2, -0.15) is 4.72 Å². The average Bonchev–Trinajstić information content (AvgIpc) is 3.30. The van der Waals surface area contributed by atoms with Crippen LogP contribution in [0.1, 0.15) is 21.5 Å². The molecule has 1 aromatic heterocycles. The molecule has 0 saturated heterocycles. The lowest BCUT2D eigenvalue weighted by atomic mass is 10.1. The van der Waals surface area contributed by atoms with E-state index in [0.717, 1.165) is 5.56 Å². The summed E-state index contributed by atoms with van der Waals surface area (Å²) in [6, 6.07) is 15.6. The molecule has 6 N–H and O–H groups in total. The molecule has 0 unspecified atom stereocenters. The maximum atomic E-state index is 12.7. The van der Waals surface area contributed by atoms with Crippen molar-refractivity contribution in [3.8, 4) is 11.5 Å². The number of oxazole rings is 1. The van der Waals surface area contributed by atoms with Gasteiger partial charge in [-0.05, 0) is 49.4 Å². The number of rotatable bonds is 9. The van der Waals surface area contributed by atoms with Crippen molar-refractivity contribution in [3.63, 3.8) is 0 Å². The van der Waals surface area contributed by atoms with Crippen LogP contribution in [-0.4, -0.2) is 48.8 Å². The number of carboxylic acids is 1. The number of nitrogens with zero attached hydrogens (tertiary/aromatic N) is 1. The average molecular weight is 522 g/mol. The Morgan fingerprint density at radius 3 is 2.32 bits per heavy atom. The zero-order chi connectivity index (χ0) is 26.7. The Hall–Kier alpha value is -4.55. The SMILES string of the molecule is Cc1ccc(S(=O)(=O)N[C@@H](CNC(=O)c2ccc3nc(-c4ccc(C(=N)N)cc4)oc3c2)C(=O)O)cc1. The summed E-state index contributed by atoms with van der Waals surface area (Å²) < 4.78 is 33.0. The Morgan fingerprint density at radius 2 is 1.70 bits per heavy atom. The summed E-state index contributed by atoms with van der Waals surface area (Å²) in [6.07, 6.45) is 0. The van der Waals surface area contributed by atoms with Gasteiger partial charge in [0.15, 0.2) is 5.58 Å². The number of nitrogen functional groups attached to an aromatic ring is 1. The summed E-state index contributed by atoms with van der Waals surface area (Å²) in [5, 5.41) is 19.4. The van der Waals surface area contributed by atoms with E-state index < -0.39 is 34.5 Å². The van der Waals surface area contributed by atoms with E-state index in [2.05, 4.69) is 15.0 Å². The van der Waals surface area contributed by atoms with Gasteiger partial charge in [-0.3, -0.25) is 15.0 Å². The molecule has 0 bridgehead atoms. The van der Waals surface area contributed by atoms with Gasteiger partial charge in [-0.25, -0.2) is 13.4 Å². The van der Waals surface area contributed by atoms with Crippen LogP contribution in [0.3, 0.4) is 0 Å². The van der Waals surface area contributed by atoms with Gasteiger partial charge >= 0.3 is 5.97 Å². The molecule has 0 saturated carbocycles. The van der Waals surface area contributed by atoms with Crippen molar-refractivity contribution in [1.82, 2.24) is 15.0 Å². The number of carbonyl (C=O) groups is 2. The van der Waals surface area contributed by atoms with Gasteiger partial charge in [0, 0.05) is 23.2 Å². The van der Waals surface area contributed by atoms with Gasteiger partial charge in [-0.1, -0.05) is 29.8 Å². The number of nitrogens with two attached hydrogens (primary N) is 1. The smallest absolute Gasteiger partial charge is 0.323 e. The highest BCUT2D eigenvalue weighted by Gasteiger charge is 2.26. The molecule has 0 fully saturated rings. The third kappa shape index (κ3) is 5.82. The molecule has 11 nitrogen and oxygen atoms in total. The normalized spacial score (nSPS) is 12.2. The first kappa shape index (κ1) is 25.5. The number of aromatic nitrogens is 1. The van der Waals surface area contributed by atoms with E-state index in [9.17, 15) is 23.1 Å². The first-order chi connectivity index (χ1) is 17.5. The van der Waals surface area contributed by atoms with E-state index in [1.165, 1.54) is 24.3 Å². The third-order valence-electron chi connectivity index (χ3n) is 5.49. The molecule has 4 rings (SSSR count). The summed E-state index contributed by atoms with van der Waals surface area (Å²) >= 11 is 0. The van der Waals surface area contributed by atoms with Crippen molar-refractivity contribution in [2.75, 3.05) is 6.54 Å². The molecular formula is C25H23N5O6S. The monoisotopic (exact) mass is 521 g/mol. The summed E-state index contributed by atoms with van der Waals surface area (Å²) in [6.45, 7) is 1.31. The van der Waals surface area contributed by atoms with Crippen LogP contribution in [0.4, 0.5) is 0 Å². The number of nitrogens with one attached hydrogen (secondary N) is 3. The molecule has 190 valence electrons. The number of hydrogen-bond donors (Lipinski definition) is 5.